The number of fused-ring (bicyclic) bond motifs is 1. The largest absolute Gasteiger partial charge is 0.326 e. The van der Waals surface area contributed by atoms with Crippen molar-refractivity contribution in [2.75, 3.05) is 10.6 Å². The molecule has 162 valence electrons. The lowest BCUT2D eigenvalue weighted by molar-refractivity contribution is -0.114. The molecule has 0 saturated carbocycles. The van der Waals surface area contributed by atoms with Crippen molar-refractivity contribution in [1.29, 1.82) is 0 Å². The second kappa shape index (κ2) is 8.63. The Bertz CT molecular complexity index is 1310. The van der Waals surface area contributed by atoms with Gasteiger partial charge in [0.05, 0.1) is 17.6 Å². The molecule has 2 aromatic carbocycles. The molecular weight excluding hydrogens is 402 g/mol. The van der Waals surface area contributed by atoms with Crippen LogP contribution in [0.2, 0.25) is 0 Å². The number of nitrogens with zero attached hydrogens (tertiary/aromatic N) is 3. The maximum atomic E-state index is 12.9. The van der Waals surface area contributed by atoms with Gasteiger partial charge in [-0.25, -0.2) is 4.98 Å². The molecule has 0 fully saturated rings. The first-order chi connectivity index (χ1) is 15.3. The Balaban J connectivity index is 1.66. The molecule has 32 heavy (non-hydrogen) atoms. The third-order valence-corrected chi connectivity index (χ3v) is 5.23. The topological polar surface area (TPSA) is 88.4 Å². The zero-order valence-corrected chi connectivity index (χ0v) is 18.5. The van der Waals surface area contributed by atoms with Crippen LogP contribution in [0, 0.1) is 6.92 Å². The number of amides is 2. The molecule has 4 rings (SSSR count). The van der Waals surface area contributed by atoms with Crippen molar-refractivity contribution in [3.63, 3.8) is 0 Å². The van der Waals surface area contributed by atoms with Crippen molar-refractivity contribution < 1.29 is 9.59 Å². The van der Waals surface area contributed by atoms with Crippen LogP contribution < -0.4 is 10.6 Å². The third kappa shape index (κ3) is 4.37. The lowest BCUT2D eigenvalue weighted by Gasteiger charge is -2.10. The summed E-state index contributed by atoms with van der Waals surface area (Å²) in [6.45, 7) is 7.56. The van der Waals surface area contributed by atoms with Crippen molar-refractivity contribution in [3.05, 3.63) is 77.7 Å². The van der Waals surface area contributed by atoms with Crippen LogP contribution in [0.15, 0.2) is 60.9 Å². The van der Waals surface area contributed by atoms with Gasteiger partial charge >= 0.3 is 0 Å². The molecule has 2 N–H and O–H groups in total. The molecule has 0 atom stereocenters. The molecule has 4 aromatic rings. The van der Waals surface area contributed by atoms with E-state index < -0.39 is 0 Å². The Morgan fingerprint density at radius 3 is 2.47 bits per heavy atom. The normalized spacial score (nSPS) is 11.0. The second-order valence-corrected chi connectivity index (χ2v) is 8.04. The Hall–Kier alpha value is -4.00. The van der Waals surface area contributed by atoms with Gasteiger partial charge in [-0.15, -0.1) is 0 Å². The van der Waals surface area contributed by atoms with E-state index in [2.05, 4.69) is 34.4 Å². The number of benzene rings is 2. The number of aromatic nitrogens is 3. The molecule has 7 nitrogen and oxygen atoms in total. The molecule has 0 spiro atoms. The number of imidazole rings is 1. The van der Waals surface area contributed by atoms with Gasteiger partial charge in [0.25, 0.3) is 5.91 Å². The fraction of sp³-hybridized carbons (Fsp3) is 0.200. The number of rotatable bonds is 5. The van der Waals surface area contributed by atoms with Crippen LogP contribution >= 0.6 is 0 Å². The van der Waals surface area contributed by atoms with E-state index in [1.54, 1.807) is 6.20 Å². The van der Waals surface area contributed by atoms with Gasteiger partial charge in [-0.2, -0.15) is 0 Å². The van der Waals surface area contributed by atoms with Gasteiger partial charge in [-0.05, 0) is 42.7 Å². The lowest BCUT2D eigenvalue weighted by Crippen LogP contribution is -2.14. The number of hydrogen-bond donors (Lipinski definition) is 2. The first-order valence-corrected chi connectivity index (χ1v) is 10.5. The molecule has 2 amide bonds. The molecule has 0 radical (unpaired) electrons. The van der Waals surface area contributed by atoms with E-state index in [9.17, 15) is 9.59 Å². The maximum Gasteiger partial charge on any atom is 0.256 e. The summed E-state index contributed by atoms with van der Waals surface area (Å²) in [5.74, 6) is 0.668. The molecule has 0 unspecified atom stereocenters. The smallest absolute Gasteiger partial charge is 0.256 e. The highest BCUT2D eigenvalue weighted by molar-refractivity contribution is 6.04. The maximum absolute atomic E-state index is 12.9. The minimum Gasteiger partial charge on any atom is -0.326 e. The number of hydrogen-bond acceptors (Lipinski definition) is 4. The average Bonchev–Trinajstić information content (AvgIpc) is 3.07. The quantitative estimate of drug-likeness (QED) is 0.467. The SMILES string of the molecule is CC(=O)Nc1cccc(-c2cn3c(NC(=O)c4ccc(C(C)C)cc4)c(C)nc3cn2)c1. The highest BCUT2D eigenvalue weighted by Crippen LogP contribution is 2.25. The Morgan fingerprint density at radius 1 is 1.03 bits per heavy atom. The summed E-state index contributed by atoms with van der Waals surface area (Å²) >= 11 is 0. The first-order valence-electron chi connectivity index (χ1n) is 10.5. The van der Waals surface area contributed by atoms with Crippen LogP contribution in [0.5, 0.6) is 0 Å². The fourth-order valence-corrected chi connectivity index (χ4v) is 3.53. The summed E-state index contributed by atoms with van der Waals surface area (Å²) in [5.41, 5.74) is 5.32. The predicted octanol–water partition coefficient (Wildman–Crippen LogP) is 5.04. The summed E-state index contributed by atoms with van der Waals surface area (Å²) in [4.78, 5) is 33.3. The summed E-state index contributed by atoms with van der Waals surface area (Å²) in [7, 11) is 0. The van der Waals surface area contributed by atoms with Crippen molar-refractivity contribution in [3.8, 4) is 11.3 Å². The van der Waals surface area contributed by atoms with Crippen molar-refractivity contribution in [2.24, 2.45) is 0 Å². The van der Waals surface area contributed by atoms with E-state index >= 15 is 0 Å². The van der Waals surface area contributed by atoms with Crippen LogP contribution in [0.4, 0.5) is 11.5 Å². The third-order valence-electron chi connectivity index (χ3n) is 5.23. The van der Waals surface area contributed by atoms with Crippen molar-refractivity contribution in [1.82, 2.24) is 14.4 Å². The van der Waals surface area contributed by atoms with E-state index in [0.717, 1.165) is 5.56 Å². The molecular formula is C25H25N5O2. The standard InChI is InChI=1S/C25H25N5O2/c1-15(2)18-8-10-19(11-9-18)25(32)29-24-16(3)27-23-13-26-22(14-30(23)24)20-6-5-7-21(12-20)28-17(4)31/h5-15H,1-4H3,(H,28,31)(H,29,32). The second-order valence-electron chi connectivity index (χ2n) is 8.04. The van der Waals surface area contributed by atoms with Gasteiger partial charge < -0.3 is 10.6 Å². The van der Waals surface area contributed by atoms with Gasteiger partial charge in [0.1, 0.15) is 5.82 Å². The zero-order chi connectivity index (χ0) is 22.8. The number of carbonyl (C=O) groups excluding carboxylic acids is 2. The molecule has 0 saturated heterocycles. The monoisotopic (exact) mass is 427 g/mol. The minimum atomic E-state index is -0.198. The molecule has 0 aliphatic rings. The predicted molar refractivity (Wildman–Crippen MR) is 126 cm³/mol. The molecule has 7 heteroatoms. The lowest BCUT2D eigenvalue weighted by atomic mass is 10.0. The van der Waals surface area contributed by atoms with E-state index in [-0.39, 0.29) is 11.8 Å². The van der Waals surface area contributed by atoms with Crippen molar-refractivity contribution in [2.45, 2.75) is 33.6 Å². The molecule has 2 aromatic heterocycles. The van der Waals surface area contributed by atoms with Gasteiger partial charge in [0.15, 0.2) is 5.65 Å². The van der Waals surface area contributed by atoms with E-state index in [0.29, 0.717) is 40.0 Å². The number of aryl methyl sites for hydroxylation is 1. The molecule has 2 heterocycles. The highest BCUT2D eigenvalue weighted by Gasteiger charge is 2.15. The molecule has 0 aliphatic heterocycles. The van der Waals surface area contributed by atoms with E-state index in [4.69, 9.17) is 0 Å². The Labute approximate surface area is 186 Å². The van der Waals surface area contributed by atoms with E-state index in [1.807, 2.05) is 66.1 Å². The van der Waals surface area contributed by atoms with Gasteiger partial charge in [-0.1, -0.05) is 38.1 Å². The molecule has 0 bridgehead atoms. The first kappa shape index (κ1) is 21.2. The number of carbonyl (C=O) groups is 2. The zero-order valence-electron chi connectivity index (χ0n) is 18.5. The van der Waals surface area contributed by atoms with Crippen LogP contribution in [0.1, 0.15) is 48.3 Å². The highest BCUT2D eigenvalue weighted by atomic mass is 16.2. The molecule has 0 aliphatic carbocycles. The summed E-state index contributed by atoms with van der Waals surface area (Å²) in [6.07, 6.45) is 3.50. The van der Waals surface area contributed by atoms with Gasteiger partial charge in [0, 0.05) is 29.9 Å². The fourth-order valence-electron chi connectivity index (χ4n) is 3.53. The average molecular weight is 428 g/mol. The number of nitrogens with one attached hydrogen (secondary N) is 2. The van der Waals surface area contributed by atoms with Gasteiger partial charge in [-0.3, -0.25) is 19.0 Å². The Kier molecular flexibility index (Phi) is 5.73. The number of anilines is 2. The summed E-state index contributed by atoms with van der Waals surface area (Å²) in [6, 6.07) is 15.1. The minimum absolute atomic E-state index is 0.137. The van der Waals surface area contributed by atoms with Crippen LogP contribution in [-0.4, -0.2) is 26.2 Å². The van der Waals surface area contributed by atoms with Crippen LogP contribution in [0.3, 0.4) is 0 Å². The van der Waals surface area contributed by atoms with Crippen LogP contribution in [-0.2, 0) is 4.79 Å². The van der Waals surface area contributed by atoms with Crippen molar-refractivity contribution >= 4 is 29.0 Å². The van der Waals surface area contributed by atoms with E-state index in [1.165, 1.54) is 12.5 Å². The Morgan fingerprint density at radius 2 is 1.78 bits per heavy atom. The van der Waals surface area contributed by atoms with Crippen LogP contribution in [0.25, 0.3) is 16.9 Å². The van der Waals surface area contributed by atoms with Gasteiger partial charge in [0.2, 0.25) is 5.91 Å². The summed E-state index contributed by atoms with van der Waals surface area (Å²) < 4.78 is 1.82. The summed E-state index contributed by atoms with van der Waals surface area (Å²) in [5, 5.41) is 5.77.